The molecule has 2 aliphatic rings. The first-order valence-electron chi connectivity index (χ1n) is 9.77. The Morgan fingerprint density at radius 2 is 1.91 bits per heavy atom. The molecule has 0 saturated carbocycles. The molecule has 6 nitrogen and oxygen atoms in total. The second-order valence-electron chi connectivity index (χ2n) is 7.29. The molecule has 0 radical (unpaired) electrons. The summed E-state index contributed by atoms with van der Waals surface area (Å²) in [5.74, 6) is 0.321. The predicted octanol–water partition coefficient (Wildman–Crippen LogP) is 5.25. The first-order valence-corrected chi connectivity index (χ1v) is 15.9. The molecule has 0 spiro atoms. The van der Waals surface area contributed by atoms with Crippen LogP contribution in [0.2, 0.25) is 0 Å². The third kappa shape index (κ3) is 5.03. The van der Waals surface area contributed by atoms with Crippen molar-refractivity contribution in [2.75, 3.05) is 6.61 Å². The fourth-order valence-electron chi connectivity index (χ4n) is 3.83. The van der Waals surface area contributed by atoms with Crippen LogP contribution in [0, 0.1) is 0 Å². The molecule has 32 heavy (non-hydrogen) atoms. The highest BCUT2D eigenvalue weighted by molar-refractivity contribution is 8.13. The maximum Gasteiger partial charge on any atom is 0.327 e. The lowest BCUT2D eigenvalue weighted by Gasteiger charge is -2.27. The van der Waals surface area contributed by atoms with Gasteiger partial charge in [0.25, 0.3) is 0 Å². The zero-order chi connectivity index (χ0) is 22.8. The van der Waals surface area contributed by atoms with Crippen molar-refractivity contribution in [1.82, 2.24) is 0 Å². The van der Waals surface area contributed by atoms with Crippen molar-refractivity contribution in [2.45, 2.75) is 25.6 Å². The van der Waals surface area contributed by atoms with Gasteiger partial charge < -0.3 is 14.2 Å². The number of rotatable bonds is 7. The van der Waals surface area contributed by atoms with E-state index in [9.17, 15) is 14.4 Å². The normalized spacial score (nSPS) is 17.1. The van der Waals surface area contributed by atoms with E-state index in [1.807, 2.05) is 18.2 Å². The number of carbonyl (C=O) groups excluding carboxylic acids is 3. The van der Waals surface area contributed by atoms with Crippen LogP contribution >= 0.6 is 43.3 Å². The summed E-state index contributed by atoms with van der Waals surface area (Å²) in [5, 5.41) is 0.629. The Hall–Kier alpha value is -1.10. The molecule has 166 valence electrons. The van der Waals surface area contributed by atoms with Crippen LogP contribution in [0.5, 0.6) is 5.75 Å². The Morgan fingerprint density at radius 3 is 2.66 bits per heavy atom. The summed E-state index contributed by atoms with van der Waals surface area (Å²) < 4.78 is 16.6. The van der Waals surface area contributed by atoms with Crippen LogP contribution in [0.1, 0.15) is 38.3 Å². The van der Waals surface area contributed by atoms with E-state index in [4.69, 9.17) is 14.2 Å². The highest BCUT2D eigenvalue weighted by Gasteiger charge is 2.32. The van der Waals surface area contributed by atoms with Crippen LogP contribution in [0.15, 0.2) is 30.3 Å². The molecule has 0 bridgehead atoms. The number of Topliss-reactive ketones (excluding diaryl/α,β-unsaturated/α-hetero) is 2. The van der Waals surface area contributed by atoms with Crippen molar-refractivity contribution in [2.24, 2.45) is 0 Å². The molecule has 0 aromatic heterocycles. The topological polar surface area (TPSA) is 78.9 Å². The van der Waals surface area contributed by atoms with E-state index >= 15 is 0 Å². The second-order valence-corrected chi connectivity index (χ2v) is 11.4. The molecule has 0 N–H and O–H groups in total. The van der Waals surface area contributed by atoms with Crippen LogP contribution in [0.4, 0.5) is 4.79 Å². The summed E-state index contributed by atoms with van der Waals surface area (Å²) in [6, 6.07) is 9.28. The van der Waals surface area contributed by atoms with E-state index in [1.165, 1.54) is 0 Å². The zero-order valence-electron chi connectivity index (χ0n) is 16.9. The van der Waals surface area contributed by atoms with Gasteiger partial charge in [0.15, 0.2) is 11.9 Å². The zero-order valence-corrected chi connectivity index (χ0v) is 22.2. The Morgan fingerprint density at radius 1 is 1.09 bits per heavy atom. The van der Waals surface area contributed by atoms with E-state index < -0.39 is 6.10 Å². The summed E-state index contributed by atoms with van der Waals surface area (Å²) in [7, 11) is 8.50. The van der Waals surface area contributed by atoms with Gasteiger partial charge in [-0.05, 0) is 56.0 Å². The van der Waals surface area contributed by atoms with Crippen LogP contribution in [0.3, 0.4) is 0 Å². The summed E-state index contributed by atoms with van der Waals surface area (Å²) >= 11 is 0. The molecule has 2 aromatic carbocycles. The fraction of sp³-hybridized carbons (Fsp3) is 0.238. The number of hydrogen-bond acceptors (Lipinski definition) is 6. The lowest BCUT2D eigenvalue weighted by atomic mass is 9.84. The van der Waals surface area contributed by atoms with E-state index in [1.54, 1.807) is 12.1 Å². The van der Waals surface area contributed by atoms with E-state index in [0.717, 1.165) is 22.3 Å². The molecule has 0 saturated heterocycles. The molecular weight excluding hydrogens is 503 g/mol. The van der Waals surface area contributed by atoms with Crippen LogP contribution in [0.25, 0.3) is 11.1 Å². The van der Waals surface area contributed by atoms with E-state index in [-0.39, 0.29) is 32.2 Å². The monoisotopic (exact) mass is 524 g/mol. The Bertz CT molecular complexity index is 1130. The molecule has 11 heteroatoms. The highest BCUT2D eigenvalue weighted by Crippen LogP contribution is 2.41. The predicted molar refractivity (Wildman–Crippen MR) is 139 cm³/mol. The quantitative estimate of drug-likeness (QED) is 0.364. The summed E-state index contributed by atoms with van der Waals surface area (Å²) in [5.41, 5.74) is 4.44. The molecule has 5 atom stereocenters. The van der Waals surface area contributed by atoms with Gasteiger partial charge >= 0.3 is 5.71 Å². The minimum atomic E-state index is -0.739. The fourth-order valence-corrected chi connectivity index (χ4v) is 4.72. The van der Waals surface area contributed by atoms with Gasteiger partial charge in [-0.3, -0.25) is 9.59 Å². The third-order valence-corrected chi connectivity index (χ3v) is 9.08. The lowest BCUT2D eigenvalue weighted by Crippen LogP contribution is -2.31. The third-order valence-electron chi connectivity index (χ3n) is 5.39. The van der Waals surface area contributed by atoms with Gasteiger partial charge in [-0.15, -0.1) is 17.9 Å². The van der Waals surface area contributed by atoms with Crippen molar-refractivity contribution in [1.29, 1.82) is 0 Å². The standard InChI is InChI=1S/C21H21O6P5/c22-16(9-26-21(28)32-30)11-1-3-13-12(5-11)8-25-18-7-14-10(6-15(13)18)2-4-17(19(14)23)27-20(24)31-29/h1,3,5-7,17,28,31-32H,2,4,8-9,29-30H2. The van der Waals surface area contributed by atoms with Gasteiger partial charge in [0.2, 0.25) is 5.78 Å². The van der Waals surface area contributed by atoms with Gasteiger partial charge in [-0.1, -0.05) is 21.0 Å². The van der Waals surface area contributed by atoms with Crippen molar-refractivity contribution in [3.05, 3.63) is 52.6 Å². The number of ketones is 2. The van der Waals surface area contributed by atoms with Gasteiger partial charge in [0, 0.05) is 25.0 Å². The van der Waals surface area contributed by atoms with E-state index in [0.29, 0.717) is 49.8 Å². The number of ether oxygens (including phenoxy) is 3. The number of hydrogen-bond donors (Lipinski definition) is 0. The van der Waals surface area contributed by atoms with Gasteiger partial charge in [0.05, 0.1) is 5.22 Å². The average Bonchev–Trinajstić information content (AvgIpc) is 2.82. The number of fused-ring (bicyclic) bond motifs is 4. The Kier molecular flexibility index (Phi) is 7.85. The lowest BCUT2D eigenvalue weighted by molar-refractivity contribution is 0.0658. The molecule has 0 fully saturated rings. The summed E-state index contributed by atoms with van der Waals surface area (Å²) in [6.45, 7) is 0.265. The van der Waals surface area contributed by atoms with E-state index in [2.05, 4.69) is 26.7 Å². The largest absolute Gasteiger partial charge is 0.488 e. The highest BCUT2D eigenvalue weighted by atomic mass is 32.0. The van der Waals surface area contributed by atoms with Crippen molar-refractivity contribution < 1.29 is 28.6 Å². The summed E-state index contributed by atoms with van der Waals surface area (Å²) in [4.78, 5) is 37.0. The summed E-state index contributed by atoms with van der Waals surface area (Å²) in [6.07, 6.45) is 0.365. The first-order chi connectivity index (χ1) is 15.4. The SMILES string of the molecule is O=C(OC1CCc2cc3c(cc2C1=O)OCc1cc(C(=O)COC(=P)PP)ccc1-3)PP. The van der Waals surface area contributed by atoms with Crippen LogP contribution in [-0.4, -0.2) is 35.2 Å². The van der Waals surface area contributed by atoms with Gasteiger partial charge in [-0.2, -0.15) is 0 Å². The maximum absolute atomic E-state index is 12.9. The first kappa shape index (κ1) is 24.0. The molecule has 2 aromatic rings. The number of carbonyl (C=O) groups is 3. The van der Waals surface area contributed by atoms with Crippen LogP contribution in [-0.2, 0) is 22.5 Å². The smallest absolute Gasteiger partial charge is 0.327 e. The van der Waals surface area contributed by atoms with Crippen molar-refractivity contribution in [3.8, 4) is 16.9 Å². The number of benzene rings is 2. The maximum atomic E-state index is 12.9. The Labute approximate surface area is 195 Å². The molecule has 4 rings (SSSR count). The number of aryl methyl sites for hydroxylation is 1. The molecular formula is C21H21O6P5. The van der Waals surface area contributed by atoms with Crippen molar-refractivity contribution >= 4 is 65.8 Å². The molecule has 1 aliphatic heterocycles. The molecule has 1 aliphatic carbocycles. The average molecular weight is 524 g/mol. The van der Waals surface area contributed by atoms with Crippen LogP contribution < -0.4 is 4.74 Å². The molecule has 5 unspecified atom stereocenters. The molecule has 1 heterocycles. The van der Waals surface area contributed by atoms with Crippen molar-refractivity contribution in [3.63, 3.8) is 0 Å². The Balaban J connectivity index is 1.59. The minimum Gasteiger partial charge on any atom is -0.488 e. The second kappa shape index (κ2) is 10.4. The van der Waals surface area contributed by atoms with Gasteiger partial charge in [0.1, 0.15) is 19.0 Å². The molecule has 0 amide bonds. The van der Waals surface area contributed by atoms with Gasteiger partial charge in [-0.25, -0.2) is 4.79 Å². The minimum absolute atomic E-state index is 0.0327.